The molecule has 0 saturated carbocycles. The van der Waals surface area contributed by atoms with E-state index in [0.717, 1.165) is 31.6 Å². The van der Waals surface area contributed by atoms with Gasteiger partial charge < -0.3 is 10.2 Å². The van der Waals surface area contributed by atoms with Crippen LogP contribution < -0.4 is 10.2 Å². The molecule has 1 aliphatic rings. The molecule has 0 spiro atoms. The molecule has 2 rings (SSSR count). The van der Waals surface area contributed by atoms with Crippen LogP contribution >= 0.6 is 0 Å². The lowest BCUT2D eigenvalue weighted by Gasteiger charge is -2.37. The predicted molar refractivity (Wildman–Crippen MR) is 70.4 cm³/mol. The van der Waals surface area contributed by atoms with Crippen molar-refractivity contribution >= 4 is 5.69 Å². The Hall–Kier alpha value is -1.23. The molecule has 106 valence electrons. The summed E-state index contributed by atoms with van der Waals surface area (Å²) in [6.07, 6.45) is -0.891. The van der Waals surface area contributed by atoms with Gasteiger partial charge in [0.15, 0.2) is 0 Å². The Morgan fingerprint density at radius 2 is 1.89 bits per heavy atom. The number of hydrogen-bond donors (Lipinski definition) is 1. The van der Waals surface area contributed by atoms with Gasteiger partial charge in [-0.05, 0) is 50.6 Å². The van der Waals surface area contributed by atoms with E-state index < -0.39 is 11.7 Å². The zero-order valence-corrected chi connectivity index (χ0v) is 11.0. The summed E-state index contributed by atoms with van der Waals surface area (Å²) < 4.78 is 37.6. The van der Waals surface area contributed by atoms with Crippen molar-refractivity contribution in [2.45, 2.75) is 31.5 Å². The number of nitrogens with one attached hydrogen (secondary N) is 1. The van der Waals surface area contributed by atoms with Crippen LogP contribution in [0.25, 0.3) is 0 Å². The van der Waals surface area contributed by atoms with E-state index in [1.165, 1.54) is 18.6 Å². The van der Waals surface area contributed by atoms with Gasteiger partial charge in [-0.2, -0.15) is 13.2 Å². The molecule has 1 aliphatic heterocycles. The highest BCUT2D eigenvalue weighted by Gasteiger charge is 2.30. The molecule has 0 bridgehead atoms. The normalized spacial score (nSPS) is 20.6. The lowest BCUT2D eigenvalue weighted by molar-refractivity contribution is -0.137. The van der Waals surface area contributed by atoms with Crippen molar-refractivity contribution in [2.75, 3.05) is 25.0 Å². The highest BCUT2D eigenvalue weighted by molar-refractivity contribution is 5.49. The van der Waals surface area contributed by atoms with Gasteiger partial charge in [0, 0.05) is 24.8 Å². The molecular formula is C14H19F3N2. The molecule has 1 aromatic rings. The Morgan fingerprint density at radius 3 is 2.47 bits per heavy atom. The van der Waals surface area contributed by atoms with Crippen LogP contribution in [0.15, 0.2) is 24.3 Å². The summed E-state index contributed by atoms with van der Waals surface area (Å²) in [5, 5.41) is 3.15. The summed E-state index contributed by atoms with van der Waals surface area (Å²) in [5.41, 5.74) is 0.298. The van der Waals surface area contributed by atoms with E-state index in [1.807, 2.05) is 7.05 Å². The number of nitrogens with zero attached hydrogens (tertiary/aromatic N) is 1. The molecule has 0 amide bonds. The summed E-state index contributed by atoms with van der Waals surface area (Å²) in [6.45, 7) is 1.78. The second-order valence-corrected chi connectivity index (χ2v) is 4.95. The highest BCUT2D eigenvalue weighted by Crippen LogP contribution is 2.32. The van der Waals surface area contributed by atoms with E-state index in [0.29, 0.717) is 6.04 Å². The number of hydrogen-bond acceptors (Lipinski definition) is 2. The molecule has 1 heterocycles. The van der Waals surface area contributed by atoms with E-state index >= 15 is 0 Å². The number of piperidine rings is 1. The maximum Gasteiger partial charge on any atom is 0.416 e. The van der Waals surface area contributed by atoms with E-state index in [2.05, 4.69) is 10.2 Å². The van der Waals surface area contributed by atoms with Crippen LogP contribution in [0.1, 0.15) is 24.8 Å². The minimum Gasteiger partial charge on any atom is -0.367 e. The van der Waals surface area contributed by atoms with E-state index in [-0.39, 0.29) is 0 Å². The van der Waals surface area contributed by atoms with Gasteiger partial charge in [0.25, 0.3) is 0 Å². The van der Waals surface area contributed by atoms with Gasteiger partial charge in [0.1, 0.15) is 0 Å². The Bertz CT molecular complexity index is 398. The molecule has 1 aromatic carbocycles. The minimum atomic E-state index is -4.26. The van der Waals surface area contributed by atoms with E-state index in [4.69, 9.17) is 0 Å². The number of alkyl halides is 3. The first kappa shape index (κ1) is 14.2. The Kier molecular flexibility index (Phi) is 4.34. The van der Waals surface area contributed by atoms with Gasteiger partial charge in [-0.3, -0.25) is 0 Å². The van der Waals surface area contributed by atoms with Gasteiger partial charge in [-0.15, -0.1) is 0 Å². The monoisotopic (exact) mass is 272 g/mol. The van der Waals surface area contributed by atoms with Crippen LogP contribution in [0, 0.1) is 0 Å². The molecule has 0 radical (unpaired) electrons. The zero-order chi connectivity index (χ0) is 13.9. The molecule has 19 heavy (non-hydrogen) atoms. The fourth-order valence-electron chi connectivity index (χ4n) is 2.63. The van der Waals surface area contributed by atoms with Crippen molar-refractivity contribution in [2.24, 2.45) is 0 Å². The average Bonchev–Trinajstić information content (AvgIpc) is 2.39. The second kappa shape index (κ2) is 5.82. The summed E-state index contributed by atoms with van der Waals surface area (Å²) in [5.74, 6) is 0. The first-order valence-electron chi connectivity index (χ1n) is 6.61. The first-order chi connectivity index (χ1) is 9.02. The molecule has 1 fully saturated rings. The molecule has 0 aliphatic carbocycles. The summed E-state index contributed by atoms with van der Waals surface area (Å²) in [6, 6.07) is 5.87. The molecule has 1 atom stereocenters. The standard InChI is InChI=1S/C14H19F3N2/c1-18-10-13-4-2-3-9-19(13)12-7-5-11(6-8-12)14(15,16)17/h5-8,13,18H,2-4,9-10H2,1H3. The number of anilines is 1. The average molecular weight is 272 g/mol. The molecule has 1 saturated heterocycles. The van der Waals surface area contributed by atoms with Crippen molar-refractivity contribution in [3.05, 3.63) is 29.8 Å². The topological polar surface area (TPSA) is 15.3 Å². The largest absolute Gasteiger partial charge is 0.416 e. The highest BCUT2D eigenvalue weighted by atomic mass is 19.4. The second-order valence-electron chi connectivity index (χ2n) is 4.95. The van der Waals surface area contributed by atoms with Crippen LogP contribution in [0.3, 0.4) is 0 Å². The maximum atomic E-state index is 12.5. The predicted octanol–water partition coefficient (Wildman–Crippen LogP) is 3.28. The lowest BCUT2D eigenvalue weighted by Crippen LogP contribution is -2.45. The first-order valence-corrected chi connectivity index (χ1v) is 6.61. The van der Waals surface area contributed by atoms with Crippen LogP contribution in [0.4, 0.5) is 18.9 Å². The zero-order valence-electron chi connectivity index (χ0n) is 11.0. The fourth-order valence-corrected chi connectivity index (χ4v) is 2.63. The van der Waals surface area contributed by atoms with E-state index in [1.54, 1.807) is 12.1 Å². The quantitative estimate of drug-likeness (QED) is 0.908. The maximum absolute atomic E-state index is 12.5. The lowest BCUT2D eigenvalue weighted by atomic mass is 10.0. The van der Waals surface area contributed by atoms with Crippen molar-refractivity contribution in [3.8, 4) is 0 Å². The van der Waals surface area contributed by atoms with Crippen LogP contribution in [-0.2, 0) is 6.18 Å². The molecule has 2 nitrogen and oxygen atoms in total. The van der Waals surface area contributed by atoms with Gasteiger partial charge in [-0.25, -0.2) is 0 Å². The Labute approximate surface area is 111 Å². The Balaban J connectivity index is 2.15. The van der Waals surface area contributed by atoms with Crippen molar-refractivity contribution in [1.29, 1.82) is 0 Å². The molecule has 1 unspecified atom stereocenters. The van der Waals surface area contributed by atoms with Gasteiger partial charge in [-0.1, -0.05) is 0 Å². The number of halogens is 3. The summed E-state index contributed by atoms with van der Waals surface area (Å²) in [7, 11) is 1.90. The fraction of sp³-hybridized carbons (Fsp3) is 0.571. The van der Waals surface area contributed by atoms with Crippen LogP contribution in [-0.4, -0.2) is 26.2 Å². The third-order valence-corrected chi connectivity index (χ3v) is 3.59. The van der Waals surface area contributed by atoms with Crippen LogP contribution in [0.2, 0.25) is 0 Å². The molecule has 1 N–H and O–H groups in total. The molecular weight excluding hydrogens is 253 g/mol. The number of likely N-dealkylation sites (N-methyl/N-ethyl adjacent to an activating group) is 1. The molecule has 0 aromatic heterocycles. The summed E-state index contributed by atoms with van der Waals surface area (Å²) in [4.78, 5) is 2.21. The summed E-state index contributed by atoms with van der Waals surface area (Å²) >= 11 is 0. The third-order valence-electron chi connectivity index (χ3n) is 3.59. The minimum absolute atomic E-state index is 0.371. The molecule has 5 heteroatoms. The van der Waals surface area contributed by atoms with Crippen molar-refractivity contribution in [1.82, 2.24) is 5.32 Å². The Morgan fingerprint density at radius 1 is 1.21 bits per heavy atom. The number of benzene rings is 1. The SMILES string of the molecule is CNCC1CCCCN1c1ccc(C(F)(F)F)cc1. The van der Waals surface area contributed by atoms with Gasteiger partial charge in [0.2, 0.25) is 0 Å². The van der Waals surface area contributed by atoms with E-state index in [9.17, 15) is 13.2 Å². The van der Waals surface area contributed by atoms with Gasteiger partial charge in [0.05, 0.1) is 5.56 Å². The van der Waals surface area contributed by atoms with Crippen molar-refractivity contribution < 1.29 is 13.2 Å². The van der Waals surface area contributed by atoms with Crippen molar-refractivity contribution in [3.63, 3.8) is 0 Å². The number of rotatable bonds is 3. The van der Waals surface area contributed by atoms with Crippen LogP contribution in [0.5, 0.6) is 0 Å². The van der Waals surface area contributed by atoms with Gasteiger partial charge >= 0.3 is 6.18 Å². The smallest absolute Gasteiger partial charge is 0.367 e. The third kappa shape index (κ3) is 3.41.